The highest BCUT2D eigenvalue weighted by Gasteiger charge is 2.39. The molecule has 4 heteroatoms. The van der Waals surface area contributed by atoms with Gasteiger partial charge in [0.15, 0.2) is 11.5 Å². The highest BCUT2D eigenvalue weighted by molar-refractivity contribution is 7.99. The molecule has 2 aliphatic heterocycles. The Hall–Kier alpha value is -0.870. The average molecular weight is 280 g/mol. The smallest absolute Gasteiger partial charge is 0.161 e. The molecule has 0 aromatic heterocycles. The van der Waals surface area contributed by atoms with Crippen molar-refractivity contribution in [1.29, 1.82) is 0 Å². The summed E-state index contributed by atoms with van der Waals surface area (Å²) in [4.78, 5) is 0. The fourth-order valence-corrected chi connectivity index (χ4v) is 4.64. The van der Waals surface area contributed by atoms with Crippen molar-refractivity contribution >= 4 is 11.8 Å². The van der Waals surface area contributed by atoms with Gasteiger partial charge in [-0.15, -0.1) is 0 Å². The average Bonchev–Trinajstić information content (AvgIpc) is 2.94. The number of fused-ring (bicyclic) bond motifs is 1. The summed E-state index contributed by atoms with van der Waals surface area (Å²) in [6.07, 6.45) is 2.83. The van der Waals surface area contributed by atoms with E-state index in [-0.39, 0.29) is 0 Å². The second-order valence-corrected chi connectivity index (χ2v) is 6.31. The largest absolute Gasteiger partial charge is 0.493 e. The van der Waals surface area contributed by atoms with Crippen LogP contribution in [0.3, 0.4) is 0 Å². The first-order valence-electron chi connectivity index (χ1n) is 6.78. The third-order valence-electron chi connectivity index (χ3n) is 4.09. The fourth-order valence-electron chi connectivity index (χ4n) is 3.12. The zero-order chi connectivity index (χ0) is 13.2. The van der Waals surface area contributed by atoms with Gasteiger partial charge in [-0.2, -0.15) is 11.8 Å². The van der Waals surface area contributed by atoms with E-state index in [2.05, 4.69) is 12.1 Å². The maximum absolute atomic E-state index is 5.84. The van der Waals surface area contributed by atoms with Gasteiger partial charge < -0.3 is 14.2 Å². The standard InChI is InChI=1S/C15H20O3S/c1-16-13-4-3-10(9-14(13)17-2)15-11-5-7-18-12(11)6-8-19-15/h3-4,9,11-12,15H,5-8H2,1-2H3/t11-,12+,15?/m0/s1. The number of methoxy groups -OCH3 is 2. The Kier molecular flexibility index (Phi) is 3.89. The minimum Gasteiger partial charge on any atom is -0.493 e. The molecule has 0 radical (unpaired) electrons. The molecule has 0 bridgehead atoms. The van der Waals surface area contributed by atoms with Crippen LogP contribution in [0.1, 0.15) is 23.7 Å². The zero-order valence-corrected chi connectivity index (χ0v) is 12.2. The van der Waals surface area contributed by atoms with Crippen LogP contribution in [0.2, 0.25) is 0 Å². The SMILES string of the molecule is COc1ccc(C2SCC[C@H]3OCC[C@H]23)cc1OC. The van der Waals surface area contributed by atoms with Gasteiger partial charge in [0, 0.05) is 17.8 Å². The monoisotopic (exact) mass is 280 g/mol. The Labute approximate surface area is 118 Å². The molecule has 1 aromatic rings. The van der Waals surface area contributed by atoms with Crippen molar-refractivity contribution in [2.24, 2.45) is 5.92 Å². The van der Waals surface area contributed by atoms with Crippen LogP contribution in [0.4, 0.5) is 0 Å². The minimum atomic E-state index is 0.458. The van der Waals surface area contributed by atoms with E-state index < -0.39 is 0 Å². The molecule has 3 atom stereocenters. The summed E-state index contributed by atoms with van der Waals surface area (Å²) >= 11 is 2.05. The Morgan fingerprint density at radius 1 is 1.16 bits per heavy atom. The van der Waals surface area contributed by atoms with E-state index in [1.807, 2.05) is 17.8 Å². The molecule has 3 rings (SSSR count). The van der Waals surface area contributed by atoms with Crippen molar-refractivity contribution in [2.45, 2.75) is 24.2 Å². The molecule has 1 unspecified atom stereocenters. The number of benzene rings is 1. The Morgan fingerprint density at radius 2 is 2.00 bits per heavy atom. The molecule has 0 amide bonds. The highest BCUT2D eigenvalue weighted by atomic mass is 32.2. The summed E-state index contributed by atoms with van der Waals surface area (Å²) in [5, 5.41) is 0.529. The second kappa shape index (κ2) is 5.63. The predicted octanol–water partition coefficient (Wildman–Crippen LogP) is 3.29. The molecule has 0 aliphatic carbocycles. The number of hydrogen-bond donors (Lipinski definition) is 0. The maximum Gasteiger partial charge on any atom is 0.161 e. The van der Waals surface area contributed by atoms with E-state index in [0.717, 1.165) is 18.1 Å². The van der Waals surface area contributed by atoms with Gasteiger partial charge in [0.1, 0.15) is 0 Å². The summed E-state index contributed by atoms with van der Waals surface area (Å²) in [6.45, 7) is 0.916. The normalized spacial score (nSPS) is 29.9. The van der Waals surface area contributed by atoms with Crippen molar-refractivity contribution in [3.8, 4) is 11.5 Å². The van der Waals surface area contributed by atoms with Gasteiger partial charge in [-0.3, -0.25) is 0 Å². The van der Waals surface area contributed by atoms with Crippen LogP contribution in [-0.4, -0.2) is 32.7 Å². The van der Waals surface area contributed by atoms with Gasteiger partial charge in [-0.25, -0.2) is 0 Å². The highest BCUT2D eigenvalue weighted by Crippen LogP contribution is 2.49. The first-order valence-corrected chi connectivity index (χ1v) is 7.83. The van der Waals surface area contributed by atoms with Gasteiger partial charge in [-0.1, -0.05) is 6.07 Å². The molecule has 2 aliphatic rings. The van der Waals surface area contributed by atoms with E-state index >= 15 is 0 Å². The summed E-state index contributed by atoms with van der Waals surface area (Å²) in [7, 11) is 3.37. The van der Waals surface area contributed by atoms with Crippen LogP contribution in [0.15, 0.2) is 18.2 Å². The van der Waals surface area contributed by atoms with Crippen LogP contribution in [0, 0.1) is 5.92 Å². The van der Waals surface area contributed by atoms with Crippen LogP contribution in [0.25, 0.3) is 0 Å². The van der Waals surface area contributed by atoms with Crippen molar-refractivity contribution in [2.75, 3.05) is 26.6 Å². The number of ether oxygens (including phenoxy) is 3. The minimum absolute atomic E-state index is 0.458. The van der Waals surface area contributed by atoms with Crippen LogP contribution < -0.4 is 9.47 Å². The van der Waals surface area contributed by atoms with Crippen molar-refractivity contribution in [3.05, 3.63) is 23.8 Å². The van der Waals surface area contributed by atoms with E-state index in [4.69, 9.17) is 14.2 Å². The molecule has 3 nitrogen and oxygen atoms in total. The number of hydrogen-bond acceptors (Lipinski definition) is 4. The van der Waals surface area contributed by atoms with Crippen molar-refractivity contribution < 1.29 is 14.2 Å². The maximum atomic E-state index is 5.84. The van der Waals surface area contributed by atoms with E-state index in [0.29, 0.717) is 17.3 Å². The quantitative estimate of drug-likeness (QED) is 0.849. The summed E-state index contributed by atoms with van der Waals surface area (Å²) < 4.78 is 16.6. The van der Waals surface area contributed by atoms with E-state index in [1.165, 1.54) is 24.2 Å². The van der Waals surface area contributed by atoms with Gasteiger partial charge in [-0.05, 0) is 36.3 Å². The molecule has 2 fully saturated rings. The summed E-state index contributed by atoms with van der Waals surface area (Å²) in [6, 6.07) is 6.30. The van der Waals surface area contributed by atoms with Crippen molar-refractivity contribution in [3.63, 3.8) is 0 Å². The lowest BCUT2D eigenvalue weighted by Crippen LogP contribution is -2.26. The van der Waals surface area contributed by atoms with Crippen LogP contribution in [0.5, 0.6) is 11.5 Å². The lowest BCUT2D eigenvalue weighted by molar-refractivity contribution is 0.0850. The third-order valence-corrected chi connectivity index (χ3v) is 5.54. The molecule has 0 N–H and O–H groups in total. The molecular weight excluding hydrogens is 260 g/mol. The zero-order valence-electron chi connectivity index (χ0n) is 11.4. The van der Waals surface area contributed by atoms with Crippen molar-refractivity contribution in [1.82, 2.24) is 0 Å². The first kappa shape index (κ1) is 13.1. The van der Waals surface area contributed by atoms with E-state index in [9.17, 15) is 0 Å². The van der Waals surface area contributed by atoms with Gasteiger partial charge >= 0.3 is 0 Å². The van der Waals surface area contributed by atoms with E-state index in [1.54, 1.807) is 14.2 Å². The number of thioether (sulfide) groups is 1. The number of rotatable bonds is 3. The Bertz CT molecular complexity index is 449. The topological polar surface area (TPSA) is 27.7 Å². The first-order chi connectivity index (χ1) is 9.33. The van der Waals surface area contributed by atoms with Crippen LogP contribution >= 0.6 is 11.8 Å². The fraction of sp³-hybridized carbons (Fsp3) is 0.600. The Balaban J connectivity index is 1.88. The molecule has 19 heavy (non-hydrogen) atoms. The molecular formula is C15H20O3S. The predicted molar refractivity (Wildman–Crippen MR) is 77.2 cm³/mol. The lowest BCUT2D eigenvalue weighted by atomic mass is 9.90. The van der Waals surface area contributed by atoms with Gasteiger partial charge in [0.2, 0.25) is 0 Å². The Morgan fingerprint density at radius 3 is 2.79 bits per heavy atom. The molecule has 104 valence electrons. The van der Waals surface area contributed by atoms with Crippen LogP contribution in [-0.2, 0) is 4.74 Å². The summed E-state index contributed by atoms with van der Waals surface area (Å²) in [5.74, 6) is 3.45. The summed E-state index contributed by atoms with van der Waals surface area (Å²) in [5.41, 5.74) is 1.34. The lowest BCUT2D eigenvalue weighted by Gasteiger charge is -2.32. The van der Waals surface area contributed by atoms with Gasteiger partial charge in [0.05, 0.1) is 20.3 Å². The second-order valence-electron chi connectivity index (χ2n) is 5.06. The molecule has 2 heterocycles. The molecule has 1 aromatic carbocycles. The van der Waals surface area contributed by atoms with Gasteiger partial charge in [0.25, 0.3) is 0 Å². The molecule has 0 spiro atoms. The molecule has 0 saturated carbocycles. The molecule has 2 saturated heterocycles. The third kappa shape index (κ3) is 2.43.